The topological polar surface area (TPSA) is 71.1 Å². The van der Waals surface area contributed by atoms with Gasteiger partial charge >= 0.3 is 0 Å². The Morgan fingerprint density at radius 3 is 2.78 bits per heavy atom. The summed E-state index contributed by atoms with van der Waals surface area (Å²) in [6, 6.07) is 7.97. The molecule has 0 aliphatic rings. The fourth-order valence-electron chi connectivity index (χ4n) is 1.39. The van der Waals surface area contributed by atoms with Gasteiger partial charge in [-0.2, -0.15) is 5.90 Å². The summed E-state index contributed by atoms with van der Waals surface area (Å²) in [7, 11) is 0. The third-order valence-electron chi connectivity index (χ3n) is 2.38. The number of nitrogens with one attached hydrogen (secondary N) is 2. The number of aryl methyl sites for hydroxylation is 1. The maximum absolute atomic E-state index is 7.81. The predicted molar refractivity (Wildman–Crippen MR) is 77.2 cm³/mol. The molecule has 0 unspecified atom stereocenters. The average Bonchev–Trinajstić information content (AvgIpc) is 2.34. The number of hydrogen-bond acceptors (Lipinski definition) is 3. The second kappa shape index (κ2) is 6.98. The number of benzene rings is 1. The Kier molecular flexibility index (Phi) is 5.61. The zero-order chi connectivity index (χ0) is 13.5. The van der Waals surface area contributed by atoms with E-state index in [9.17, 15) is 0 Å². The maximum Gasteiger partial charge on any atom is 0.189 e. The molecule has 0 aliphatic carbocycles. The van der Waals surface area contributed by atoms with Crippen LogP contribution in [0.3, 0.4) is 0 Å². The molecule has 0 saturated heterocycles. The highest BCUT2D eigenvalue weighted by molar-refractivity contribution is 9.11. The third-order valence-corrected chi connectivity index (χ3v) is 2.61. The molecule has 96 valence electrons. The largest absolute Gasteiger partial charge is 0.408 e. The quantitative estimate of drug-likeness (QED) is 0.257. The average molecular weight is 310 g/mol. The summed E-state index contributed by atoms with van der Waals surface area (Å²) >= 11 is 3.16. The van der Waals surface area contributed by atoms with Gasteiger partial charge in [0, 0.05) is 17.1 Å². The van der Waals surface area contributed by atoms with E-state index in [1.54, 1.807) is 0 Å². The molecule has 4 nitrogen and oxygen atoms in total. The lowest BCUT2D eigenvalue weighted by Crippen LogP contribution is -2.26. The van der Waals surface area contributed by atoms with Gasteiger partial charge < -0.3 is 10.2 Å². The molecule has 0 amide bonds. The minimum Gasteiger partial charge on any atom is -0.408 e. The van der Waals surface area contributed by atoms with Crippen LogP contribution in [0.2, 0.25) is 0 Å². The van der Waals surface area contributed by atoms with Crippen LogP contribution >= 0.6 is 15.9 Å². The molecular weight excluding hydrogens is 294 g/mol. The Hall–Kier alpha value is -1.59. The summed E-state index contributed by atoms with van der Waals surface area (Å²) in [5, 5.41) is 10.8. The molecule has 1 rings (SSSR count). The first-order chi connectivity index (χ1) is 8.54. The first-order valence-electron chi connectivity index (χ1n) is 5.34. The van der Waals surface area contributed by atoms with E-state index in [1.807, 2.05) is 31.2 Å². The molecule has 4 N–H and O–H groups in total. The molecule has 5 heteroatoms. The van der Waals surface area contributed by atoms with Gasteiger partial charge in [-0.15, -0.1) is 0 Å². The van der Waals surface area contributed by atoms with Gasteiger partial charge in [-0.1, -0.05) is 46.8 Å². The van der Waals surface area contributed by atoms with E-state index in [-0.39, 0.29) is 11.6 Å². The lowest BCUT2D eigenvalue weighted by molar-refractivity contribution is 0.239. The molecule has 0 saturated carbocycles. The maximum atomic E-state index is 7.81. The van der Waals surface area contributed by atoms with Crippen LogP contribution in [0.1, 0.15) is 11.1 Å². The lowest BCUT2D eigenvalue weighted by atomic mass is 10.1. The van der Waals surface area contributed by atoms with Gasteiger partial charge in [-0.05, 0) is 18.1 Å². The van der Waals surface area contributed by atoms with Crippen molar-refractivity contribution in [3.05, 3.63) is 58.3 Å². The van der Waals surface area contributed by atoms with Crippen molar-refractivity contribution in [1.29, 1.82) is 5.41 Å². The number of amidine groups is 1. The molecular formula is C13H16BrN3O. The highest BCUT2D eigenvalue weighted by atomic mass is 79.9. The van der Waals surface area contributed by atoms with Crippen molar-refractivity contribution in [1.82, 2.24) is 5.32 Å². The van der Waals surface area contributed by atoms with Crippen molar-refractivity contribution in [3.8, 4) is 0 Å². The van der Waals surface area contributed by atoms with E-state index in [1.165, 1.54) is 11.6 Å². The zero-order valence-electron chi connectivity index (χ0n) is 10.2. The standard InChI is InChI=1S/C13H16BrN3O/c1-9-5-3-4-6-11(9)8-17-13(15)12(18-16)7-10(2)14/h3-7H,2,8,16H2,1H3,(H2,15,17)/b12-7-. The van der Waals surface area contributed by atoms with Crippen LogP contribution in [0.15, 0.2) is 47.2 Å². The van der Waals surface area contributed by atoms with Crippen molar-refractivity contribution < 1.29 is 4.84 Å². The molecule has 0 fully saturated rings. The van der Waals surface area contributed by atoms with Gasteiger partial charge in [0.2, 0.25) is 0 Å². The second-order valence-electron chi connectivity index (χ2n) is 3.73. The van der Waals surface area contributed by atoms with E-state index < -0.39 is 0 Å². The van der Waals surface area contributed by atoms with Gasteiger partial charge in [0.15, 0.2) is 11.6 Å². The summed E-state index contributed by atoms with van der Waals surface area (Å²) < 4.78 is 0.588. The number of rotatable bonds is 5. The molecule has 0 radical (unpaired) electrons. The lowest BCUT2D eigenvalue weighted by Gasteiger charge is -2.11. The Morgan fingerprint density at radius 1 is 1.56 bits per heavy atom. The van der Waals surface area contributed by atoms with E-state index in [0.29, 0.717) is 11.0 Å². The Bertz CT molecular complexity index is 483. The molecule has 0 aliphatic heterocycles. The van der Waals surface area contributed by atoms with Crippen LogP contribution in [0.25, 0.3) is 0 Å². The summed E-state index contributed by atoms with van der Waals surface area (Å²) in [5.41, 5.74) is 2.29. The zero-order valence-corrected chi connectivity index (χ0v) is 11.8. The molecule has 0 spiro atoms. The first-order valence-corrected chi connectivity index (χ1v) is 6.14. The van der Waals surface area contributed by atoms with Crippen molar-refractivity contribution in [2.45, 2.75) is 13.5 Å². The van der Waals surface area contributed by atoms with E-state index in [2.05, 4.69) is 32.7 Å². The first kappa shape index (κ1) is 14.5. The second-order valence-corrected chi connectivity index (χ2v) is 4.75. The van der Waals surface area contributed by atoms with Crippen molar-refractivity contribution in [2.24, 2.45) is 5.90 Å². The van der Waals surface area contributed by atoms with Crippen molar-refractivity contribution >= 4 is 21.8 Å². The number of nitrogens with two attached hydrogens (primary N) is 1. The Morgan fingerprint density at radius 2 is 2.22 bits per heavy atom. The van der Waals surface area contributed by atoms with Gasteiger partial charge in [-0.25, -0.2) is 0 Å². The molecule has 0 aromatic heterocycles. The minimum atomic E-state index is 0.112. The third kappa shape index (κ3) is 4.35. The highest BCUT2D eigenvalue weighted by Crippen LogP contribution is 2.09. The SMILES string of the molecule is C=C(Br)/C=C(\ON)C(=N)NCc1ccccc1C. The fraction of sp³-hybridized carbons (Fsp3) is 0.154. The van der Waals surface area contributed by atoms with Gasteiger partial charge in [0.05, 0.1) is 0 Å². The Balaban J connectivity index is 2.66. The molecule has 1 aromatic carbocycles. The van der Waals surface area contributed by atoms with E-state index >= 15 is 0 Å². The smallest absolute Gasteiger partial charge is 0.189 e. The van der Waals surface area contributed by atoms with Crippen LogP contribution in [-0.2, 0) is 11.4 Å². The summed E-state index contributed by atoms with van der Waals surface area (Å²) in [4.78, 5) is 4.62. The molecule has 0 atom stereocenters. The van der Waals surface area contributed by atoms with Crippen molar-refractivity contribution in [3.63, 3.8) is 0 Å². The van der Waals surface area contributed by atoms with Gasteiger partial charge in [0.25, 0.3) is 0 Å². The van der Waals surface area contributed by atoms with Crippen LogP contribution in [0, 0.1) is 12.3 Å². The summed E-state index contributed by atoms with van der Waals surface area (Å²) in [6.45, 7) is 6.21. The number of allylic oxidation sites excluding steroid dienone is 2. The number of halogens is 1. The number of hydrogen-bond donors (Lipinski definition) is 3. The fourth-order valence-corrected chi connectivity index (χ4v) is 1.59. The molecule has 0 heterocycles. The van der Waals surface area contributed by atoms with Crippen LogP contribution in [0.4, 0.5) is 0 Å². The van der Waals surface area contributed by atoms with Crippen LogP contribution in [0.5, 0.6) is 0 Å². The normalized spacial score (nSPS) is 10.9. The molecule has 1 aromatic rings. The summed E-state index contributed by atoms with van der Waals surface area (Å²) in [6.07, 6.45) is 1.53. The predicted octanol–water partition coefficient (Wildman–Crippen LogP) is 2.74. The van der Waals surface area contributed by atoms with Crippen LogP contribution < -0.4 is 11.2 Å². The van der Waals surface area contributed by atoms with Gasteiger partial charge in [0.1, 0.15) is 0 Å². The van der Waals surface area contributed by atoms with E-state index in [0.717, 1.165) is 5.56 Å². The van der Waals surface area contributed by atoms with Crippen LogP contribution in [-0.4, -0.2) is 5.84 Å². The Labute approximate surface area is 115 Å². The van der Waals surface area contributed by atoms with E-state index in [4.69, 9.17) is 11.3 Å². The minimum absolute atomic E-state index is 0.112. The summed E-state index contributed by atoms with van der Waals surface area (Å²) in [5.74, 6) is 5.45. The monoisotopic (exact) mass is 309 g/mol. The van der Waals surface area contributed by atoms with Gasteiger partial charge in [-0.3, -0.25) is 5.41 Å². The van der Waals surface area contributed by atoms with Crippen molar-refractivity contribution in [2.75, 3.05) is 0 Å². The molecule has 0 bridgehead atoms. The molecule has 18 heavy (non-hydrogen) atoms. The highest BCUT2D eigenvalue weighted by Gasteiger charge is 2.06.